The number of hydrogen-bond donors (Lipinski definition) is 0. The second-order valence-electron chi connectivity index (χ2n) is 3.78. The molecule has 0 aliphatic rings. The summed E-state index contributed by atoms with van der Waals surface area (Å²) in [6.07, 6.45) is 3.37. The van der Waals surface area contributed by atoms with E-state index in [0.717, 1.165) is 4.88 Å². The van der Waals surface area contributed by atoms with E-state index in [2.05, 4.69) is 0 Å². The predicted molar refractivity (Wildman–Crippen MR) is 77.2 cm³/mol. The van der Waals surface area contributed by atoms with Gasteiger partial charge in [0.15, 0.2) is 17.3 Å². The van der Waals surface area contributed by atoms with Crippen molar-refractivity contribution in [3.63, 3.8) is 0 Å². The normalized spacial score (nSPS) is 10.6. The topological polar surface area (TPSA) is 35.5 Å². The van der Waals surface area contributed by atoms with Gasteiger partial charge in [-0.05, 0) is 41.8 Å². The SMILES string of the molecule is COc1ccc(C(=O)/C=C\c2cccs2)cc1OC. The first-order valence-electron chi connectivity index (χ1n) is 5.72. The Hall–Kier alpha value is -2.07. The third-order valence-corrected chi connectivity index (χ3v) is 3.45. The highest BCUT2D eigenvalue weighted by atomic mass is 32.1. The van der Waals surface area contributed by atoms with E-state index in [9.17, 15) is 4.79 Å². The molecule has 0 atom stereocenters. The molecule has 4 heteroatoms. The Bertz CT molecular complexity index is 585. The molecule has 0 amide bonds. The van der Waals surface area contributed by atoms with Gasteiger partial charge in [0.25, 0.3) is 0 Å². The standard InChI is InChI=1S/C15H14O3S/c1-17-14-8-5-11(10-15(14)18-2)13(16)7-6-12-4-3-9-19-12/h3-10H,1-2H3/b7-6-. The van der Waals surface area contributed by atoms with Crippen LogP contribution >= 0.6 is 11.3 Å². The number of ether oxygens (including phenoxy) is 2. The molecule has 0 bridgehead atoms. The number of rotatable bonds is 5. The molecule has 1 heterocycles. The molecular weight excluding hydrogens is 260 g/mol. The highest BCUT2D eigenvalue weighted by Gasteiger charge is 2.08. The van der Waals surface area contributed by atoms with Crippen molar-refractivity contribution in [2.24, 2.45) is 0 Å². The van der Waals surface area contributed by atoms with Gasteiger partial charge in [-0.2, -0.15) is 0 Å². The molecule has 1 aromatic heterocycles. The Kier molecular flexibility index (Phi) is 4.36. The summed E-state index contributed by atoms with van der Waals surface area (Å²) in [5.41, 5.74) is 0.574. The van der Waals surface area contributed by atoms with Crippen molar-refractivity contribution >= 4 is 23.2 Å². The van der Waals surface area contributed by atoms with Gasteiger partial charge in [-0.15, -0.1) is 11.3 Å². The molecule has 0 fully saturated rings. The zero-order chi connectivity index (χ0) is 13.7. The lowest BCUT2D eigenvalue weighted by atomic mass is 10.1. The number of hydrogen-bond acceptors (Lipinski definition) is 4. The number of methoxy groups -OCH3 is 2. The van der Waals surface area contributed by atoms with Crippen LogP contribution in [0, 0.1) is 0 Å². The second kappa shape index (κ2) is 6.20. The second-order valence-corrected chi connectivity index (χ2v) is 4.76. The van der Waals surface area contributed by atoms with Gasteiger partial charge in [-0.3, -0.25) is 4.79 Å². The first-order chi connectivity index (χ1) is 9.24. The van der Waals surface area contributed by atoms with Crippen LogP contribution in [0.4, 0.5) is 0 Å². The minimum Gasteiger partial charge on any atom is -0.493 e. The summed E-state index contributed by atoms with van der Waals surface area (Å²) < 4.78 is 10.3. The summed E-state index contributed by atoms with van der Waals surface area (Å²) in [6, 6.07) is 9.04. The molecule has 0 radical (unpaired) electrons. The molecule has 0 spiro atoms. The molecule has 19 heavy (non-hydrogen) atoms. The Morgan fingerprint density at radius 2 is 1.95 bits per heavy atom. The maximum absolute atomic E-state index is 12.0. The molecule has 1 aromatic carbocycles. The van der Waals surface area contributed by atoms with Crippen LogP contribution in [0.2, 0.25) is 0 Å². The van der Waals surface area contributed by atoms with Crippen molar-refractivity contribution in [3.8, 4) is 11.5 Å². The van der Waals surface area contributed by atoms with E-state index in [1.165, 1.54) is 0 Å². The molecule has 3 nitrogen and oxygen atoms in total. The molecule has 0 aliphatic carbocycles. The first kappa shape index (κ1) is 13.4. The van der Waals surface area contributed by atoms with Crippen LogP contribution in [0.25, 0.3) is 6.08 Å². The lowest BCUT2D eigenvalue weighted by molar-refractivity contribution is 0.104. The smallest absolute Gasteiger partial charge is 0.186 e. The van der Waals surface area contributed by atoms with Gasteiger partial charge in [-0.25, -0.2) is 0 Å². The Balaban J connectivity index is 2.19. The van der Waals surface area contributed by atoms with Crippen molar-refractivity contribution in [2.75, 3.05) is 14.2 Å². The van der Waals surface area contributed by atoms with Gasteiger partial charge in [0.2, 0.25) is 0 Å². The lowest BCUT2D eigenvalue weighted by Gasteiger charge is -2.07. The number of carbonyl (C=O) groups excluding carboxylic acids is 1. The van der Waals surface area contributed by atoms with Crippen LogP contribution in [0.15, 0.2) is 41.8 Å². The zero-order valence-corrected chi connectivity index (χ0v) is 11.6. The quantitative estimate of drug-likeness (QED) is 0.616. The van der Waals surface area contributed by atoms with E-state index in [1.54, 1.807) is 49.8 Å². The van der Waals surface area contributed by atoms with Crippen molar-refractivity contribution in [2.45, 2.75) is 0 Å². The third-order valence-electron chi connectivity index (χ3n) is 2.61. The molecule has 0 saturated heterocycles. The van der Waals surface area contributed by atoms with Gasteiger partial charge in [0, 0.05) is 10.4 Å². The van der Waals surface area contributed by atoms with Crippen LogP contribution in [-0.4, -0.2) is 20.0 Å². The summed E-state index contributed by atoms with van der Waals surface area (Å²) in [5, 5.41) is 1.97. The van der Waals surface area contributed by atoms with Crippen LogP contribution in [0.1, 0.15) is 15.2 Å². The van der Waals surface area contributed by atoms with Crippen LogP contribution in [0.5, 0.6) is 11.5 Å². The van der Waals surface area contributed by atoms with E-state index in [4.69, 9.17) is 9.47 Å². The van der Waals surface area contributed by atoms with E-state index in [0.29, 0.717) is 17.1 Å². The van der Waals surface area contributed by atoms with Gasteiger partial charge in [0.05, 0.1) is 14.2 Å². The number of ketones is 1. The van der Waals surface area contributed by atoms with Gasteiger partial charge >= 0.3 is 0 Å². The monoisotopic (exact) mass is 274 g/mol. The molecular formula is C15H14O3S. The van der Waals surface area contributed by atoms with Crippen molar-refractivity contribution in [1.82, 2.24) is 0 Å². The Morgan fingerprint density at radius 1 is 1.16 bits per heavy atom. The van der Waals surface area contributed by atoms with Gasteiger partial charge < -0.3 is 9.47 Å². The Morgan fingerprint density at radius 3 is 2.58 bits per heavy atom. The van der Waals surface area contributed by atoms with Crippen molar-refractivity contribution < 1.29 is 14.3 Å². The highest BCUT2D eigenvalue weighted by Crippen LogP contribution is 2.27. The number of allylic oxidation sites excluding steroid dienone is 1. The molecule has 2 rings (SSSR count). The third kappa shape index (κ3) is 3.23. The fourth-order valence-corrected chi connectivity index (χ4v) is 2.25. The van der Waals surface area contributed by atoms with Crippen molar-refractivity contribution in [3.05, 3.63) is 52.2 Å². The Labute approximate surface area is 116 Å². The lowest BCUT2D eigenvalue weighted by Crippen LogP contribution is -1.97. The predicted octanol–water partition coefficient (Wildman–Crippen LogP) is 3.66. The van der Waals surface area contributed by atoms with Gasteiger partial charge in [-0.1, -0.05) is 6.07 Å². The minimum atomic E-state index is -0.0608. The molecule has 0 aliphatic heterocycles. The summed E-state index contributed by atoms with van der Waals surface area (Å²) in [6.45, 7) is 0. The van der Waals surface area contributed by atoms with E-state index in [-0.39, 0.29) is 5.78 Å². The minimum absolute atomic E-state index is 0.0608. The summed E-state index contributed by atoms with van der Waals surface area (Å²) in [5.74, 6) is 1.11. The number of carbonyl (C=O) groups is 1. The zero-order valence-electron chi connectivity index (χ0n) is 10.8. The first-order valence-corrected chi connectivity index (χ1v) is 6.60. The average Bonchev–Trinajstić information content (AvgIpc) is 2.97. The maximum atomic E-state index is 12.0. The van der Waals surface area contributed by atoms with Crippen LogP contribution < -0.4 is 9.47 Å². The molecule has 98 valence electrons. The number of benzene rings is 1. The average molecular weight is 274 g/mol. The summed E-state index contributed by atoms with van der Waals surface area (Å²) >= 11 is 1.59. The molecule has 0 N–H and O–H groups in total. The fraction of sp³-hybridized carbons (Fsp3) is 0.133. The van der Waals surface area contributed by atoms with Crippen LogP contribution in [0.3, 0.4) is 0 Å². The molecule has 0 unspecified atom stereocenters. The van der Waals surface area contributed by atoms with Crippen LogP contribution in [-0.2, 0) is 0 Å². The highest BCUT2D eigenvalue weighted by molar-refractivity contribution is 7.10. The van der Waals surface area contributed by atoms with Crippen molar-refractivity contribution in [1.29, 1.82) is 0 Å². The summed E-state index contributed by atoms with van der Waals surface area (Å²) in [7, 11) is 3.11. The molecule has 2 aromatic rings. The van der Waals surface area contributed by atoms with E-state index in [1.807, 2.05) is 23.6 Å². The number of thiophene rings is 1. The maximum Gasteiger partial charge on any atom is 0.186 e. The van der Waals surface area contributed by atoms with E-state index < -0.39 is 0 Å². The fourth-order valence-electron chi connectivity index (χ4n) is 1.63. The van der Waals surface area contributed by atoms with Gasteiger partial charge in [0.1, 0.15) is 0 Å². The molecule has 0 saturated carbocycles. The summed E-state index contributed by atoms with van der Waals surface area (Å²) in [4.78, 5) is 13.1. The largest absolute Gasteiger partial charge is 0.493 e. The van der Waals surface area contributed by atoms with E-state index >= 15 is 0 Å².